The molecule has 0 saturated carbocycles. The van der Waals surface area contributed by atoms with E-state index < -0.39 is 0 Å². The Morgan fingerprint density at radius 2 is 1.80 bits per heavy atom. The van der Waals surface area contributed by atoms with Crippen LogP contribution in [0.25, 0.3) is 0 Å². The lowest BCUT2D eigenvalue weighted by Gasteiger charge is -1.98. The van der Waals surface area contributed by atoms with Crippen molar-refractivity contribution in [3.63, 3.8) is 0 Å². The predicted molar refractivity (Wildman–Crippen MR) is 44.2 cm³/mol. The Bertz CT molecular complexity index is 170. The molecule has 0 atom stereocenters. The number of rotatable bonds is 2. The molecule has 1 aromatic rings. The van der Waals surface area contributed by atoms with Crippen molar-refractivity contribution >= 4 is 14.7 Å². The Morgan fingerprint density at radius 1 is 1.20 bits per heavy atom. The summed E-state index contributed by atoms with van der Waals surface area (Å²) >= 11 is 0. The van der Waals surface area contributed by atoms with Crippen molar-refractivity contribution in [2.24, 2.45) is 0 Å². The second-order valence-electron chi connectivity index (χ2n) is 1.98. The van der Waals surface area contributed by atoms with Crippen molar-refractivity contribution < 1.29 is 4.74 Å². The van der Waals surface area contributed by atoms with Crippen molar-refractivity contribution in [1.82, 2.24) is 0 Å². The van der Waals surface area contributed by atoms with E-state index >= 15 is 0 Å². The van der Waals surface area contributed by atoms with Gasteiger partial charge in [0.1, 0.15) is 5.75 Å². The first-order valence-corrected chi connectivity index (χ1v) is 4.68. The monoisotopic (exact) mass is 150 g/mol. The van der Waals surface area contributed by atoms with E-state index in [4.69, 9.17) is 4.74 Å². The lowest BCUT2D eigenvalue weighted by molar-refractivity contribution is 0.415. The first kappa shape index (κ1) is 7.35. The molecule has 0 aromatic heterocycles. The molecule has 0 amide bonds. The normalized spacial score (nSPS) is 9.40. The average Bonchev–Trinajstić information content (AvgIpc) is 2.05. The summed E-state index contributed by atoms with van der Waals surface area (Å²) in [6, 6.07) is 8.17. The van der Waals surface area contributed by atoms with E-state index in [1.54, 1.807) is 7.11 Å². The standard InChI is InChI=1S/C8H10OSi/c1-9-7-3-5-8(10-2)6-4-7/h3-6H,1-2H3. The van der Waals surface area contributed by atoms with Crippen LogP contribution in [0, 0.1) is 0 Å². The van der Waals surface area contributed by atoms with E-state index in [2.05, 4.69) is 18.7 Å². The van der Waals surface area contributed by atoms with Crippen LogP contribution in [0.4, 0.5) is 0 Å². The molecule has 0 aliphatic heterocycles. The summed E-state index contributed by atoms with van der Waals surface area (Å²) in [7, 11) is 2.56. The lowest BCUT2D eigenvalue weighted by Crippen LogP contribution is -2.08. The van der Waals surface area contributed by atoms with Gasteiger partial charge in [0.15, 0.2) is 0 Å². The molecule has 10 heavy (non-hydrogen) atoms. The fourth-order valence-corrected chi connectivity index (χ4v) is 1.26. The maximum Gasteiger partial charge on any atom is 0.118 e. The van der Waals surface area contributed by atoms with E-state index in [0.717, 1.165) is 15.3 Å². The number of methoxy groups -OCH3 is 1. The number of ether oxygens (including phenoxy) is 1. The van der Waals surface area contributed by atoms with Gasteiger partial charge in [-0.25, -0.2) is 0 Å². The summed E-state index contributed by atoms with van der Waals surface area (Å²) in [4.78, 5) is 0. The number of hydrogen-bond donors (Lipinski definition) is 0. The van der Waals surface area contributed by atoms with Gasteiger partial charge in [0, 0.05) is 0 Å². The minimum atomic E-state index is 0.872. The minimum absolute atomic E-state index is 0.872. The van der Waals surface area contributed by atoms with Crippen molar-refractivity contribution in [3.8, 4) is 5.75 Å². The largest absolute Gasteiger partial charge is 0.497 e. The number of benzene rings is 1. The molecule has 0 N–H and O–H groups in total. The van der Waals surface area contributed by atoms with E-state index in [1.807, 2.05) is 12.1 Å². The van der Waals surface area contributed by atoms with E-state index in [9.17, 15) is 0 Å². The fourth-order valence-electron chi connectivity index (χ4n) is 0.758. The van der Waals surface area contributed by atoms with Gasteiger partial charge in [0.2, 0.25) is 0 Å². The quantitative estimate of drug-likeness (QED) is 0.573. The summed E-state index contributed by atoms with van der Waals surface area (Å²) in [5.41, 5.74) is 0. The van der Waals surface area contributed by atoms with Gasteiger partial charge < -0.3 is 4.74 Å². The molecule has 0 aliphatic carbocycles. The van der Waals surface area contributed by atoms with Crippen molar-refractivity contribution in [1.29, 1.82) is 0 Å². The van der Waals surface area contributed by atoms with Crippen molar-refractivity contribution in [3.05, 3.63) is 24.3 Å². The molecule has 0 heterocycles. The van der Waals surface area contributed by atoms with Crippen LogP contribution in [-0.4, -0.2) is 16.6 Å². The summed E-state index contributed by atoms with van der Waals surface area (Å²) in [5, 5.41) is 1.38. The molecule has 0 bridgehead atoms. The maximum atomic E-state index is 5.02. The van der Waals surface area contributed by atoms with Gasteiger partial charge in [-0.2, -0.15) is 0 Å². The molecule has 1 nitrogen and oxygen atoms in total. The average molecular weight is 150 g/mol. The smallest absolute Gasteiger partial charge is 0.118 e. The Hall–Kier alpha value is -0.763. The highest BCUT2D eigenvalue weighted by atomic mass is 28.2. The zero-order valence-electron chi connectivity index (χ0n) is 6.22. The van der Waals surface area contributed by atoms with Gasteiger partial charge in [-0.15, -0.1) is 0 Å². The molecule has 1 aromatic carbocycles. The van der Waals surface area contributed by atoms with Crippen molar-refractivity contribution in [2.75, 3.05) is 7.11 Å². The first-order valence-electron chi connectivity index (χ1n) is 3.18. The molecule has 2 heteroatoms. The summed E-state index contributed by atoms with van der Waals surface area (Å²) in [6.45, 7) is 2.17. The Labute approximate surface area is 63.8 Å². The Morgan fingerprint density at radius 3 is 2.20 bits per heavy atom. The Balaban J connectivity index is 2.80. The van der Waals surface area contributed by atoms with Crippen LogP contribution in [0.2, 0.25) is 6.55 Å². The predicted octanol–water partition coefficient (Wildman–Crippen LogP) is 1.07. The van der Waals surface area contributed by atoms with E-state index in [1.165, 1.54) is 5.19 Å². The highest BCUT2D eigenvalue weighted by Crippen LogP contribution is 2.04. The van der Waals surface area contributed by atoms with Crippen LogP contribution >= 0.6 is 0 Å². The molecule has 1 rings (SSSR count). The zero-order valence-corrected chi connectivity index (χ0v) is 7.22. The topological polar surface area (TPSA) is 9.23 Å². The van der Waals surface area contributed by atoms with Crippen molar-refractivity contribution in [2.45, 2.75) is 6.55 Å². The molecular weight excluding hydrogens is 140 g/mol. The van der Waals surface area contributed by atoms with Crippen LogP contribution in [0.1, 0.15) is 0 Å². The molecule has 0 saturated heterocycles. The molecule has 2 radical (unpaired) electrons. The second-order valence-corrected chi connectivity index (χ2v) is 3.06. The van der Waals surface area contributed by atoms with Crippen LogP contribution in [-0.2, 0) is 0 Å². The maximum absolute atomic E-state index is 5.02. The van der Waals surface area contributed by atoms with Gasteiger partial charge in [0.25, 0.3) is 0 Å². The van der Waals surface area contributed by atoms with Gasteiger partial charge in [-0.3, -0.25) is 0 Å². The first-order chi connectivity index (χ1) is 4.86. The SMILES string of the molecule is COc1ccc([Si]C)cc1. The summed E-state index contributed by atoms with van der Waals surface area (Å²) in [6.07, 6.45) is 0. The third-order valence-corrected chi connectivity index (χ3v) is 2.29. The third kappa shape index (κ3) is 1.61. The summed E-state index contributed by atoms with van der Waals surface area (Å²) in [5.74, 6) is 0.932. The van der Waals surface area contributed by atoms with E-state index in [0.29, 0.717) is 0 Å². The van der Waals surface area contributed by atoms with Gasteiger partial charge in [-0.05, 0) is 12.1 Å². The van der Waals surface area contributed by atoms with Gasteiger partial charge in [0.05, 0.1) is 16.6 Å². The summed E-state index contributed by atoms with van der Waals surface area (Å²) < 4.78 is 5.02. The molecule has 0 aliphatic rings. The minimum Gasteiger partial charge on any atom is -0.497 e. The van der Waals surface area contributed by atoms with Crippen LogP contribution in [0.5, 0.6) is 5.75 Å². The molecule has 52 valence electrons. The lowest BCUT2D eigenvalue weighted by atomic mass is 10.3. The highest BCUT2D eigenvalue weighted by Gasteiger charge is 1.89. The Kier molecular flexibility index (Phi) is 2.51. The van der Waals surface area contributed by atoms with Gasteiger partial charge >= 0.3 is 0 Å². The van der Waals surface area contributed by atoms with Crippen LogP contribution in [0.3, 0.4) is 0 Å². The van der Waals surface area contributed by atoms with Crippen LogP contribution < -0.4 is 9.92 Å². The molecule has 0 unspecified atom stereocenters. The number of hydrogen-bond acceptors (Lipinski definition) is 1. The molecular formula is C8H10OSi. The fraction of sp³-hybridized carbons (Fsp3) is 0.250. The van der Waals surface area contributed by atoms with E-state index in [-0.39, 0.29) is 0 Å². The molecule has 0 fully saturated rings. The highest BCUT2D eigenvalue weighted by molar-refractivity contribution is 6.51. The molecule has 0 spiro atoms. The van der Waals surface area contributed by atoms with Gasteiger partial charge in [-0.1, -0.05) is 23.9 Å². The van der Waals surface area contributed by atoms with Crippen LogP contribution in [0.15, 0.2) is 24.3 Å². The third-order valence-electron chi connectivity index (χ3n) is 1.38. The second kappa shape index (κ2) is 3.42. The zero-order chi connectivity index (χ0) is 7.40.